The standard InChI is InChI=1S/C29H29F6NO4/c1-16-5-3-4-6-23(16)25-24-13-36(26(37)18-7-8-38-14-18)12-20(24)15-39-27(25)40-17(2)19-9-21(28(30,31)32)11-22(10-19)29(33,34)35/h3-6,9-11,14,17,20,24-25,27H,7-8,12-13,15H2,1-2H3/t17-,20+,24-,25+,27-/m1/s1. The second-order valence-electron chi connectivity index (χ2n) is 10.6. The number of nitrogens with zero attached hydrogens (tertiary/aromatic N) is 1. The van der Waals surface area contributed by atoms with Crippen LogP contribution < -0.4 is 0 Å². The van der Waals surface area contributed by atoms with Crippen molar-refractivity contribution in [2.75, 3.05) is 26.3 Å². The van der Waals surface area contributed by atoms with Crippen LogP contribution in [0.2, 0.25) is 0 Å². The lowest BCUT2D eigenvalue weighted by Gasteiger charge is -2.41. The molecule has 2 aromatic rings. The summed E-state index contributed by atoms with van der Waals surface area (Å²) in [6, 6.07) is 9.02. The minimum absolute atomic E-state index is 0.0166. The SMILES string of the molecule is Cc1ccccc1[C@@H]1[C@@H](O[C@H](C)c2cc(C(F)(F)F)cc(C(F)(F)F)c2)OC[C@@H]2CN(C(=O)C3=COCC3)C[C@H]21. The molecule has 3 aliphatic rings. The van der Waals surface area contributed by atoms with Crippen LogP contribution in [0.1, 0.15) is 53.2 Å². The lowest BCUT2D eigenvalue weighted by atomic mass is 9.76. The number of halogens is 6. The van der Waals surface area contributed by atoms with Gasteiger partial charge in [0, 0.05) is 31.3 Å². The summed E-state index contributed by atoms with van der Waals surface area (Å²) in [4.78, 5) is 14.9. The fourth-order valence-electron chi connectivity index (χ4n) is 5.87. The van der Waals surface area contributed by atoms with Crippen molar-refractivity contribution < 1.29 is 45.3 Å². The van der Waals surface area contributed by atoms with Crippen LogP contribution in [0.15, 0.2) is 54.3 Å². The Morgan fingerprint density at radius 2 is 1.70 bits per heavy atom. The van der Waals surface area contributed by atoms with E-state index in [1.807, 2.05) is 31.2 Å². The van der Waals surface area contributed by atoms with Gasteiger partial charge in [-0.2, -0.15) is 26.3 Å². The Kier molecular flexibility index (Phi) is 7.64. The smallest absolute Gasteiger partial charge is 0.416 e. The van der Waals surface area contributed by atoms with Crippen molar-refractivity contribution in [1.29, 1.82) is 0 Å². The van der Waals surface area contributed by atoms with Gasteiger partial charge < -0.3 is 19.1 Å². The molecule has 11 heteroatoms. The number of alkyl halides is 6. The van der Waals surface area contributed by atoms with Gasteiger partial charge in [-0.25, -0.2) is 0 Å². The first-order valence-electron chi connectivity index (χ1n) is 13.0. The van der Waals surface area contributed by atoms with Gasteiger partial charge in [-0.05, 0) is 54.7 Å². The molecular formula is C29H29F6NO4. The topological polar surface area (TPSA) is 48.0 Å². The number of carbonyl (C=O) groups is 1. The van der Waals surface area contributed by atoms with E-state index in [-0.39, 0.29) is 36.0 Å². The third-order valence-corrected chi connectivity index (χ3v) is 7.96. The summed E-state index contributed by atoms with van der Waals surface area (Å²) in [7, 11) is 0. The Labute approximate surface area is 227 Å². The molecule has 0 radical (unpaired) electrons. The fraction of sp³-hybridized carbons (Fsp3) is 0.483. The number of fused-ring (bicyclic) bond motifs is 1. The van der Waals surface area contributed by atoms with E-state index in [9.17, 15) is 31.1 Å². The van der Waals surface area contributed by atoms with E-state index in [0.717, 1.165) is 11.1 Å². The molecule has 2 saturated heterocycles. The van der Waals surface area contributed by atoms with Crippen molar-refractivity contribution in [3.05, 3.63) is 82.1 Å². The van der Waals surface area contributed by atoms with Crippen LogP contribution in [-0.2, 0) is 31.4 Å². The summed E-state index contributed by atoms with van der Waals surface area (Å²) in [6.07, 6.45) is -10.0. The molecule has 0 N–H and O–H groups in total. The Hall–Kier alpha value is -3.05. The van der Waals surface area contributed by atoms with Crippen LogP contribution in [0, 0.1) is 18.8 Å². The lowest BCUT2D eigenvalue weighted by molar-refractivity contribution is -0.217. The maximum absolute atomic E-state index is 13.5. The van der Waals surface area contributed by atoms with Crippen LogP contribution in [0.4, 0.5) is 26.3 Å². The maximum Gasteiger partial charge on any atom is 0.416 e. The van der Waals surface area contributed by atoms with Gasteiger partial charge >= 0.3 is 12.4 Å². The highest BCUT2D eigenvalue weighted by Gasteiger charge is 2.49. The van der Waals surface area contributed by atoms with E-state index >= 15 is 0 Å². The minimum atomic E-state index is -4.96. The zero-order valence-electron chi connectivity index (χ0n) is 21.9. The van der Waals surface area contributed by atoms with Crippen molar-refractivity contribution in [3.63, 3.8) is 0 Å². The second-order valence-corrected chi connectivity index (χ2v) is 10.6. The summed E-state index contributed by atoms with van der Waals surface area (Å²) in [5.41, 5.74) is -0.627. The van der Waals surface area contributed by atoms with E-state index in [2.05, 4.69) is 0 Å². The number of likely N-dealkylation sites (tertiary alicyclic amines) is 1. The molecule has 0 unspecified atom stereocenters. The predicted molar refractivity (Wildman–Crippen MR) is 132 cm³/mol. The van der Waals surface area contributed by atoms with Crippen LogP contribution in [-0.4, -0.2) is 43.4 Å². The fourth-order valence-corrected chi connectivity index (χ4v) is 5.87. The first kappa shape index (κ1) is 28.5. The van der Waals surface area contributed by atoms with Crippen molar-refractivity contribution in [2.45, 2.75) is 50.9 Å². The molecule has 0 bridgehead atoms. The first-order chi connectivity index (χ1) is 18.8. The van der Waals surface area contributed by atoms with Gasteiger partial charge in [-0.15, -0.1) is 0 Å². The molecule has 5 nitrogen and oxygen atoms in total. The maximum atomic E-state index is 13.5. The summed E-state index contributed by atoms with van der Waals surface area (Å²) >= 11 is 0. The largest absolute Gasteiger partial charge is 0.500 e. The van der Waals surface area contributed by atoms with E-state index in [0.29, 0.717) is 43.8 Å². The average Bonchev–Trinajstić information content (AvgIpc) is 3.58. The Morgan fingerprint density at radius 1 is 1.02 bits per heavy atom. The van der Waals surface area contributed by atoms with E-state index < -0.39 is 41.8 Å². The molecular weight excluding hydrogens is 540 g/mol. The number of benzene rings is 2. The predicted octanol–water partition coefficient (Wildman–Crippen LogP) is 6.63. The second kappa shape index (κ2) is 10.7. The minimum Gasteiger partial charge on any atom is -0.500 e. The normalized spacial score (nSPS) is 25.8. The number of ether oxygens (including phenoxy) is 3. The highest BCUT2D eigenvalue weighted by atomic mass is 19.4. The lowest BCUT2D eigenvalue weighted by Crippen LogP contribution is -2.42. The van der Waals surface area contributed by atoms with Gasteiger partial charge in [-0.1, -0.05) is 24.3 Å². The van der Waals surface area contributed by atoms with Gasteiger partial charge in [0.2, 0.25) is 0 Å². The Bertz CT molecular complexity index is 1260. The molecule has 3 heterocycles. The third kappa shape index (κ3) is 5.72. The molecule has 5 rings (SSSR count). The monoisotopic (exact) mass is 569 g/mol. The van der Waals surface area contributed by atoms with Crippen molar-refractivity contribution in [3.8, 4) is 0 Å². The van der Waals surface area contributed by atoms with E-state index in [1.54, 1.807) is 4.90 Å². The van der Waals surface area contributed by atoms with Crippen LogP contribution in [0.3, 0.4) is 0 Å². The van der Waals surface area contributed by atoms with Crippen LogP contribution in [0.5, 0.6) is 0 Å². The van der Waals surface area contributed by atoms with E-state index in [4.69, 9.17) is 14.2 Å². The van der Waals surface area contributed by atoms with E-state index in [1.165, 1.54) is 13.2 Å². The zero-order chi connectivity index (χ0) is 28.8. The molecule has 1 amide bonds. The summed E-state index contributed by atoms with van der Waals surface area (Å²) in [6.45, 7) is 4.90. The van der Waals surface area contributed by atoms with Crippen molar-refractivity contribution >= 4 is 5.91 Å². The molecule has 216 valence electrons. The molecule has 3 aliphatic heterocycles. The number of aryl methyl sites for hydroxylation is 1. The number of rotatable bonds is 5. The zero-order valence-corrected chi connectivity index (χ0v) is 21.9. The van der Waals surface area contributed by atoms with Gasteiger partial charge in [0.15, 0.2) is 6.29 Å². The molecule has 0 aromatic heterocycles. The molecule has 2 fully saturated rings. The Morgan fingerprint density at radius 3 is 2.30 bits per heavy atom. The molecule has 40 heavy (non-hydrogen) atoms. The van der Waals surface area contributed by atoms with Crippen molar-refractivity contribution in [2.24, 2.45) is 11.8 Å². The highest BCUT2D eigenvalue weighted by molar-refractivity contribution is 5.93. The third-order valence-electron chi connectivity index (χ3n) is 7.96. The van der Waals surface area contributed by atoms with Crippen LogP contribution in [0.25, 0.3) is 0 Å². The number of hydrogen-bond donors (Lipinski definition) is 0. The number of amides is 1. The quantitative estimate of drug-likeness (QED) is 0.380. The highest BCUT2D eigenvalue weighted by Crippen LogP contribution is 2.46. The molecule has 0 saturated carbocycles. The van der Waals surface area contributed by atoms with Gasteiger partial charge in [0.1, 0.15) is 0 Å². The van der Waals surface area contributed by atoms with Gasteiger partial charge in [-0.3, -0.25) is 4.79 Å². The summed E-state index contributed by atoms with van der Waals surface area (Å²) < 4.78 is 98.3. The number of carbonyl (C=O) groups excluding carboxylic acids is 1. The summed E-state index contributed by atoms with van der Waals surface area (Å²) in [5, 5.41) is 0. The Balaban J connectivity index is 1.45. The number of hydrogen-bond acceptors (Lipinski definition) is 4. The molecule has 2 aromatic carbocycles. The summed E-state index contributed by atoms with van der Waals surface area (Å²) in [5.74, 6) is -0.616. The van der Waals surface area contributed by atoms with Crippen LogP contribution >= 0.6 is 0 Å². The average molecular weight is 570 g/mol. The molecule has 0 aliphatic carbocycles. The van der Waals surface area contributed by atoms with Crippen molar-refractivity contribution in [1.82, 2.24) is 4.90 Å². The first-order valence-corrected chi connectivity index (χ1v) is 13.0. The van der Waals surface area contributed by atoms with Gasteiger partial charge in [0.25, 0.3) is 5.91 Å². The molecule has 0 spiro atoms. The molecule has 5 atom stereocenters. The van der Waals surface area contributed by atoms with Gasteiger partial charge in [0.05, 0.1) is 42.3 Å².